The van der Waals surface area contributed by atoms with Gasteiger partial charge in [0.05, 0.1) is 11.7 Å². The Kier molecular flexibility index (Phi) is 2.41. The van der Waals surface area contributed by atoms with Gasteiger partial charge in [0.25, 0.3) is 0 Å². The molecule has 0 spiro atoms. The zero-order valence-corrected chi connectivity index (χ0v) is 9.41. The first-order valence-electron chi connectivity index (χ1n) is 5.42. The maximum Gasteiger partial charge on any atom is 0.113 e. The highest BCUT2D eigenvalue weighted by Gasteiger charge is 2.17. The molecule has 2 aromatic rings. The molecule has 78 valence electrons. The summed E-state index contributed by atoms with van der Waals surface area (Å²) in [7, 11) is 0. The van der Waals surface area contributed by atoms with E-state index in [9.17, 15) is 0 Å². The van der Waals surface area contributed by atoms with E-state index in [1.165, 1.54) is 29.3 Å². The molecule has 3 heterocycles. The van der Waals surface area contributed by atoms with Crippen LogP contribution in [0.3, 0.4) is 0 Å². The number of rotatable bonds is 2. The third kappa shape index (κ3) is 1.76. The molecule has 2 aromatic heterocycles. The Hall–Kier alpha value is -0.960. The Morgan fingerprint density at radius 1 is 1.47 bits per heavy atom. The van der Waals surface area contributed by atoms with Crippen molar-refractivity contribution in [3.8, 4) is 0 Å². The van der Waals surface area contributed by atoms with Gasteiger partial charge in [0, 0.05) is 12.6 Å². The maximum absolute atomic E-state index is 4.51. The average Bonchev–Trinajstić information content (AvgIpc) is 2.89. The fraction of sp³-hybridized carbons (Fsp3) is 0.417. The van der Waals surface area contributed by atoms with Crippen molar-refractivity contribution in [3.05, 3.63) is 36.4 Å². The Bertz CT molecular complexity index is 457. The summed E-state index contributed by atoms with van der Waals surface area (Å²) in [6.45, 7) is 0. The highest BCUT2D eigenvalue weighted by atomic mass is 32.2. The Morgan fingerprint density at radius 3 is 3.33 bits per heavy atom. The summed E-state index contributed by atoms with van der Waals surface area (Å²) >= 11 is 2.07. The highest BCUT2D eigenvalue weighted by Crippen LogP contribution is 2.26. The molecule has 1 saturated heterocycles. The van der Waals surface area contributed by atoms with E-state index >= 15 is 0 Å². The first kappa shape index (κ1) is 9.28. The number of fused-ring (bicyclic) bond motifs is 1. The van der Waals surface area contributed by atoms with Gasteiger partial charge in [-0.3, -0.25) is 0 Å². The van der Waals surface area contributed by atoms with Gasteiger partial charge in [-0.2, -0.15) is 11.8 Å². The molecule has 0 radical (unpaired) electrons. The normalized spacial score (nSPS) is 21.2. The van der Waals surface area contributed by atoms with Gasteiger partial charge >= 0.3 is 0 Å². The van der Waals surface area contributed by atoms with E-state index in [4.69, 9.17) is 0 Å². The van der Waals surface area contributed by atoms with Crippen LogP contribution >= 0.6 is 11.8 Å². The Balaban J connectivity index is 1.90. The molecule has 1 atom stereocenters. The minimum atomic E-state index is 0.834. The second-order valence-corrected chi connectivity index (χ2v) is 5.25. The SMILES string of the molecule is c1ccn2c(CC3CCSC3)ncc2c1. The zero-order chi connectivity index (χ0) is 10.1. The molecule has 1 aliphatic heterocycles. The summed E-state index contributed by atoms with van der Waals surface area (Å²) in [4.78, 5) is 4.51. The maximum atomic E-state index is 4.51. The average molecular weight is 218 g/mol. The van der Waals surface area contributed by atoms with Crippen LogP contribution in [-0.4, -0.2) is 20.9 Å². The second-order valence-electron chi connectivity index (χ2n) is 4.10. The Morgan fingerprint density at radius 2 is 2.47 bits per heavy atom. The van der Waals surface area contributed by atoms with Gasteiger partial charge in [-0.1, -0.05) is 6.07 Å². The predicted octanol–water partition coefficient (Wildman–Crippen LogP) is 2.63. The van der Waals surface area contributed by atoms with Gasteiger partial charge in [-0.15, -0.1) is 0 Å². The predicted molar refractivity (Wildman–Crippen MR) is 64.3 cm³/mol. The van der Waals surface area contributed by atoms with Crippen molar-refractivity contribution < 1.29 is 0 Å². The first-order chi connectivity index (χ1) is 7.43. The molecular weight excluding hydrogens is 204 g/mol. The van der Waals surface area contributed by atoms with Gasteiger partial charge in [-0.25, -0.2) is 4.98 Å². The van der Waals surface area contributed by atoms with Crippen molar-refractivity contribution in [1.82, 2.24) is 9.38 Å². The molecule has 0 saturated carbocycles. The third-order valence-electron chi connectivity index (χ3n) is 3.01. The van der Waals surface area contributed by atoms with Crippen LogP contribution in [-0.2, 0) is 6.42 Å². The summed E-state index contributed by atoms with van der Waals surface area (Å²) in [5, 5.41) is 0. The lowest BCUT2D eigenvalue weighted by atomic mass is 10.1. The molecule has 1 fully saturated rings. The lowest BCUT2D eigenvalue weighted by Crippen LogP contribution is -2.06. The molecule has 2 nitrogen and oxygen atoms in total. The number of imidazole rings is 1. The third-order valence-corrected chi connectivity index (χ3v) is 4.24. The van der Waals surface area contributed by atoms with E-state index in [0.29, 0.717) is 0 Å². The van der Waals surface area contributed by atoms with E-state index in [2.05, 4.69) is 45.5 Å². The Labute approximate surface area is 93.7 Å². The molecule has 3 heteroatoms. The first-order valence-corrected chi connectivity index (χ1v) is 6.57. The summed E-state index contributed by atoms with van der Waals surface area (Å²) in [5.74, 6) is 4.69. The summed E-state index contributed by atoms with van der Waals surface area (Å²) in [6.07, 6.45) is 6.56. The topological polar surface area (TPSA) is 17.3 Å². The van der Waals surface area contributed by atoms with E-state index < -0.39 is 0 Å². The zero-order valence-electron chi connectivity index (χ0n) is 8.60. The quantitative estimate of drug-likeness (QED) is 0.771. The molecule has 0 bridgehead atoms. The van der Waals surface area contributed by atoms with Crippen molar-refractivity contribution in [1.29, 1.82) is 0 Å². The number of nitrogens with zero attached hydrogens (tertiary/aromatic N) is 2. The fourth-order valence-electron chi connectivity index (χ4n) is 2.15. The monoisotopic (exact) mass is 218 g/mol. The molecule has 0 aromatic carbocycles. The fourth-order valence-corrected chi connectivity index (χ4v) is 3.44. The number of aromatic nitrogens is 2. The minimum absolute atomic E-state index is 0.834. The van der Waals surface area contributed by atoms with Crippen molar-refractivity contribution in [2.45, 2.75) is 12.8 Å². The van der Waals surface area contributed by atoms with Crippen molar-refractivity contribution in [2.24, 2.45) is 5.92 Å². The van der Waals surface area contributed by atoms with Crippen LogP contribution in [0.2, 0.25) is 0 Å². The van der Waals surface area contributed by atoms with Crippen molar-refractivity contribution in [3.63, 3.8) is 0 Å². The minimum Gasteiger partial charge on any atom is -0.304 e. The molecular formula is C12H14N2S. The van der Waals surface area contributed by atoms with Crippen LogP contribution < -0.4 is 0 Å². The largest absolute Gasteiger partial charge is 0.304 e. The van der Waals surface area contributed by atoms with E-state index in [1.54, 1.807) is 0 Å². The molecule has 3 rings (SSSR count). The number of hydrogen-bond donors (Lipinski definition) is 0. The molecule has 0 amide bonds. The summed E-state index contributed by atoms with van der Waals surface area (Å²) in [6, 6.07) is 6.24. The van der Waals surface area contributed by atoms with Crippen LogP contribution in [0.5, 0.6) is 0 Å². The second kappa shape index (κ2) is 3.89. The van der Waals surface area contributed by atoms with Gasteiger partial charge in [-0.05, 0) is 36.0 Å². The molecule has 1 aliphatic rings. The summed E-state index contributed by atoms with van der Waals surface area (Å²) < 4.78 is 2.21. The van der Waals surface area contributed by atoms with Crippen molar-refractivity contribution in [2.75, 3.05) is 11.5 Å². The molecule has 1 unspecified atom stereocenters. The lowest BCUT2D eigenvalue weighted by Gasteiger charge is -2.06. The standard InChI is InChI=1S/C12H14N2S/c1-2-5-14-11(3-1)8-13-12(14)7-10-4-6-15-9-10/h1-3,5,8,10H,4,6-7,9H2. The van der Waals surface area contributed by atoms with Gasteiger partial charge in [0.1, 0.15) is 5.82 Å². The van der Waals surface area contributed by atoms with E-state index in [0.717, 1.165) is 12.3 Å². The van der Waals surface area contributed by atoms with Crippen LogP contribution in [0, 0.1) is 5.92 Å². The number of thioether (sulfide) groups is 1. The number of hydrogen-bond acceptors (Lipinski definition) is 2. The van der Waals surface area contributed by atoms with Crippen LogP contribution in [0.25, 0.3) is 5.52 Å². The van der Waals surface area contributed by atoms with E-state index in [1.807, 2.05) is 6.20 Å². The van der Waals surface area contributed by atoms with E-state index in [-0.39, 0.29) is 0 Å². The molecule has 0 aliphatic carbocycles. The van der Waals surface area contributed by atoms with Gasteiger partial charge in [0.2, 0.25) is 0 Å². The molecule has 0 N–H and O–H groups in total. The number of pyridine rings is 1. The lowest BCUT2D eigenvalue weighted by molar-refractivity contribution is 0.574. The summed E-state index contributed by atoms with van der Waals surface area (Å²) in [5.41, 5.74) is 1.21. The van der Waals surface area contributed by atoms with Crippen molar-refractivity contribution >= 4 is 17.3 Å². The van der Waals surface area contributed by atoms with Crippen LogP contribution in [0.4, 0.5) is 0 Å². The smallest absolute Gasteiger partial charge is 0.113 e. The van der Waals surface area contributed by atoms with Crippen LogP contribution in [0.1, 0.15) is 12.2 Å². The van der Waals surface area contributed by atoms with Gasteiger partial charge in [0.15, 0.2) is 0 Å². The van der Waals surface area contributed by atoms with Gasteiger partial charge < -0.3 is 4.40 Å². The van der Waals surface area contributed by atoms with Crippen LogP contribution in [0.15, 0.2) is 30.6 Å². The molecule has 15 heavy (non-hydrogen) atoms. The highest BCUT2D eigenvalue weighted by molar-refractivity contribution is 7.99.